The zero-order valence-corrected chi connectivity index (χ0v) is 14.7. The molecule has 1 fully saturated rings. The Hall–Kier alpha value is -0.980. The van der Waals surface area contributed by atoms with Crippen molar-refractivity contribution in [3.05, 3.63) is 15.6 Å². The Bertz CT molecular complexity index is 484. The Morgan fingerprint density at radius 3 is 2.86 bits per heavy atom. The Kier molecular flexibility index (Phi) is 6.79. The molecule has 2 rings (SSSR count). The summed E-state index contributed by atoms with van der Waals surface area (Å²) < 4.78 is 5.36. The number of amides is 1. The van der Waals surface area contributed by atoms with Crippen LogP contribution < -0.4 is 5.32 Å². The van der Waals surface area contributed by atoms with Crippen LogP contribution in [0.3, 0.4) is 0 Å². The topological polar surface area (TPSA) is 54.5 Å². The lowest BCUT2D eigenvalue weighted by atomic mass is 10.1. The van der Waals surface area contributed by atoms with Crippen molar-refractivity contribution < 1.29 is 9.53 Å². The molecule has 1 aromatic rings. The molecule has 1 saturated heterocycles. The largest absolute Gasteiger partial charge is 0.379 e. The van der Waals surface area contributed by atoms with Crippen molar-refractivity contribution in [2.45, 2.75) is 52.6 Å². The van der Waals surface area contributed by atoms with Gasteiger partial charge in [0.15, 0.2) is 0 Å². The van der Waals surface area contributed by atoms with Gasteiger partial charge in [0.25, 0.3) is 0 Å². The van der Waals surface area contributed by atoms with Gasteiger partial charge in [0, 0.05) is 30.4 Å². The van der Waals surface area contributed by atoms with E-state index in [1.165, 1.54) is 4.88 Å². The third kappa shape index (κ3) is 5.04. The molecule has 0 aromatic carbocycles. The Morgan fingerprint density at radius 2 is 2.18 bits per heavy atom. The van der Waals surface area contributed by atoms with Crippen molar-refractivity contribution in [3.8, 4) is 0 Å². The Balaban J connectivity index is 1.71. The van der Waals surface area contributed by atoms with Crippen molar-refractivity contribution in [2.75, 3.05) is 26.3 Å². The summed E-state index contributed by atoms with van der Waals surface area (Å²) in [6.45, 7) is 10.5. The van der Waals surface area contributed by atoms with Crippen LogP contribution in [0.25, 0.3) is 0 Å². The summed E-state index contributed by atoms with van der Waals surface area (Å²) >= 11 is 1.68. The van der Waals surface area contributed by atoms with Gasteiger partial charge in [-0.2, -0.15) is 0 Å². The van der Waals surface area contributed by atoms with E-state index < -0.39 is 0 Å². The first-order valence-electron chi connectivity index (χ1n) is 8.13. The van der Waals surface area contributed by atoms with Gasteiger partial charge < -0.3 is 10.1 Å². The van der Waals surface area contributed by atoms with Crippen LogP contribution >= 0.6 is 11.3 Å². The summed E-state index contributed by atoms with van der Waals surface area (Å²) in [4.78, 5) is 20.1. The van der Waals surface area contributed by atoms with Gasteiger partial charge in [-0.3, -0.25) is 9.69 Å². The number of hydrogen-bond acceptors (Lipinski definition) is 5. The number of aromatic nitrogens is 1. The molecule has 0 saturated carbocycles. The molecule has 0 spiro atoms. The maximum Gasteiger partial charge on any atom is 0.220 e. The van der Waals surface area contributed by atoms with E-state index in [1.54, 1.807) is 11.3 Å². The molecule has 2 heterocycles. The van der Waals surface area contributed by atoms with Crippen LogP contribution in [-0.2, 0) is 22.5 Å². The molecule has 1 aromatic heterocycles. The summed E-state index contributed by atoms with van der Waals surface area (Å²) in [5, 5.41) is 4.10. The molecule has 0 unspecified atom stereocenters. The maximum absolute atomic E-state index is 12.0. The lowest BCUT2D eigenvalue weighted by Crippen LogP contribution is -2.42. The fraction of sp³-hybridized carbons (Fsp3) is 0.750. The normalized spacial score (nSPS) is 17.4. The van der Waals surface area contributed by atoms with Crippen LogP contribution in [0.5, 0.6) is 0 Å². The van der Waals surface area contributed by atoms with E-state index in [2.05, 4.69) is 29.0 Å². The Morgan fingerprint density at radius 1 is 1.45 bits per heavy atom. The number of aryl methyl sites for hydroxylation is 2. The predicted octanol–water partition coefficient (Wildman–Crippen LogP) is 2.13. The summed E-state index contributed by atoms with van der Waals surface area (Å²) in [5.41, 5.74) is 1.12. The zero-order chi connectivity index (χ0) is 15.9. The van der Waals surface area contributed by atoms with Crippen LogP contribution in [0.2, 0.25) is 0 Å². The van der Waals surface area contributed by atoms with E-state index in [9.17, 15) is 4.79 Å². The van der Waals surface area contributed by atoms with E-state index in [4.69, 9.17) is 4.74 Å². The number of nitrogens with zero attached hydrogens (tertiary/aromatic N) is 2. The minimum atomic E-state index is 0.133. The number of carbonyl (C=O) groups excluding carboxylic acids is 1. The first-order valence-corrected chi connectivity index (χ1v) is 8.95. The highest BCUT2D eigenvalue weighted by Gasteiger charge is 2.18. The summed E-state index contributed by atoms with van der Waals surface area (Å²) in [6.07, 6.45) is 2.40. The number of hydrogen-bond donors (Lipinski definition) is 1. The smallest absolute Gasteiger partial charge is 0.220 e. The van der Waals surface area contributed by atoms with E-state index in [0.717, 1.165) is 49.8 Å². The first-order chi connectivity index (χ1) is 10.6. The minimum Gasteiger partial charge on any atom is -0.379 e. The van der Waals surface area contributed by atoms with E-state index in [1.807, 2.05) is 6.92 Å². The number of nitrogens with one attached hydrogen (secondary N) is 1. The number of thiazole rings is 1. The van der Waals surface area contributed by atoms with Gasteiger partial charge in [-0.15, -0.1) is 11.3 Å². The molecule has 1 aliphatic rings. The number of ether oxygens (including phenoxy) is 1. The van der Waals surface area contributed by atoms with E-state index >= 15 is 0 Å². The monoisotopic (exact) mass is 325 g/mol. The third-order valence-corrected chi connectivity index (χ3v) is 5.14. The number of carbonyl (C=O) groups is 1. The summed E-state index contributed by atoms with van der Waals surface area (Å²) in [7, 11) is 0. The van der Waals surface area contributed by atoms with Gasteiger partial charge in [-0.05, 0) is 26.7 Å². The van der Waals surface area contributed by atoms with Crippen LogP contribution in [0, 0.1) is 6.92 Å². The summed E-state index contributed by atoms with van der Waals surface area (Å²) in [6, 6.07) is 0.437. The standard InChI is InChI=1S/C16H27N3O2S/c1-4-14-15(22-13(3)18-14)11-17-16(20)6-5-12(2)19-7-9-21-10-8-19/h12H,4-11H2,1-3H3,(H,17,20)/t12-/m1/s1. The van der Waals surface area contributed by atoms with Gasteiger partial charge in [-0.1, -0.05) is 6.92 Å². The van der Waals surface area contributed by atoms with Gasteiger partial charge in [0.05, 0.1) is 30.5 Å². The lowest BCUT2D eigenvalue weighted by molar-refractivity contribution is -0.121. The molecular weight excluding hydrogens is 298 g/mol. The molecule has 1 aliphatic heterocycles. The second-order valence-corrected chi connectivity index (χ2v) is 7.06. The fourth-order valence-electron chi connectivity index (χ4n) is 2.73. The maximum atomic E-state index is 12.0. The van der Waals surface area contributed by atoms with Crippen molar-refractivity contribution in [2.24, 2.45) is 0 Å². The number of rotatable bonds is 7. The third-order valence-electron chi connectivity index (χ3n) is 4.12. The van der Waals surface area contributed by atoms with Crippen molar-refractivity contribution >= 4 is 17.2 Å². The molecule has 124 valence electrons. The molecule has 6 heteroatoms. The predicted molar refractivity (Wildman–Crippen MR) is 89.2 cm³/mol. The van der Waals surface area contributed by atoms with Crippen LogP contribution in [0.15, 0.2) is 0 Å². The van der Waals surface area contributed by atoms with Crippen LogP contribution in [0.4, 0.5) is 0 Å². The second-order valence-electron chi connectivity index (χ2n) is 5.77. The van der Waals surface area contributed by atoms with Crippen molar-refractivity contribution in [3.63, 3.8) is 0 Å². The molecule has 1 N–H and O–H groups in total. The highest BCUT2D eigenvalue weighted by atomic mass is 32.1. The van der Waals surface area contributed by atoms with Gasteiger partial charge >= 0.3 is 0 Å². The van der Waals surface area contributed by atoms with Crippen LogP contribution in [-0.4, -0.2) is 48.1 Å². The van der Waals surface area contributed by atoms with Crippen LogP contribution in [0.1, 0.15) is 42.3 Å². The van der Waals surface area contributed by atoms with E-state index in [0.29, 0.717) is 19.0 Å². The molecular formula is C16H27N3O2S. The van der Waals surface area contributed by atoms with Gasteiger partial charge in [-0.25, -0.2) is 4.98 Å². The first kappa shape index (κ1) is 17.4. The molecule has 5 nitrogen and oxygen atoms in total. The van der Waals surface area contributed by atoms with Crippen molar-refractivity contribution in [1.29, 1.82) is 0 Å². The molecule has 22 heavy (non-hydrogen) atoms. The average molecular weight is 325 g/mol. The molecule has 1 amide bonds. The van der Waals surface area contributed by atoms with E-state index in [-0.39, 0.29) is 5.91 Å². The molecule has 0 aliphatic carbocycles. The Labute approximate surface area is 137 Å². The lowest BCUT2D eigenvalue weighted by Gasteiger charge is -2.32. The minimum absolute atomic E-state index is 0.133. The highest BCUT2D eigenvalue weighted by Crippen LogP contribution is 2.18. The molecule has 0 radical (unpaired) electrons. The zero-order valence-electron chi connectivity index (χ0n) is 13.9. The van der Waals surface area contributed by atoms with Gasteiger partial charge in [0.2, 0.25) is 5.91 Å². The highest BCUT2D eigenvalue weighted by molar-refractivity contribution is 7.11. The quantitative estimate of drug-likeness (QED) is 0.834. The summed E-state index contributed by atoms with van der Waals surface area (Å²) in [5.74, 6) is 0.133. The van der Waals surface area contributed by atoms with Gasteiger partial charge in [0.1, 0.15) is 0 Å². The number of morpholine rings is 1. The SMILES string of the molecule is CCc1nc(C)sc1CNC(=O)CC[C@@H](C)N1CCOCC1. The average Bonchev–Trinajstić information content (AvgIpc) is 2.91. The van der Waals surface area contributed by atoms with Crippen molar-refractivity contribution in [1.82, 2.24) is 15.2 Å². The molecule has 0 bridgehead atoms. The second kappa shape index (κ2) is 8.60. The molecule has 1 atom stereocenters. The fourth-order valence-corrected chi connectivity index (χ4v) is 3.70.